The third kappa shape index (κ3) is 1.72. The second kappa shape index (κ2) is 3.88. The van der Waals surface area contributed by atoms with E-state index in [1.807, 2.05) is 0 Å². The Morgan fingerprint density at radius 1 is 1.30 bits per heavy atom. The molecule has 2 heteroatoms. The molecule has 0 heterocycles. The molecule has 0 fully saturated rings. The first kappa shape index (κ1) is 8.95. The maximum Gasteiger partial charge on any atom is 0.165 e. The first-order valence-corrected chi connectivity index (χ1v) is 2.63. The van der Waals surface area contributed by atoms with Crippen LogP contribution in [-0.2, 0) is 0 Å². The molecule has 0 atom stereocenters. The van der Waals surface area contributed by atoms with Gasteiger partial charge in [-0.2, -0.15) is 0 Å². The zero-order valence-corrected chi connectivity index (χ0v) is 5.10. The van der Waals surface area contributed by atoms with Crippen LogP contribution in [0.5, 0.6) is 5.75 Å². The Morgan fingerprint density at radius 3 is 2.30 bits per heavy atom. The maximum atomic E-state index is 12.5. The minimum absolute atomic E-state index is 0. The molecule has 0 spiro atoms. The summed E-state index contributed by atoms with van der Waals surface area (Å²) in [6.45, 7) is 0. The van der Waals surface area contributed by atoms with Crippen molar-refractivity contribution in [2.24, 2.45) is 0 Å². The minimum Gasteiger partial charge on any atom is -0.494 e. The van der Waals surface area contributed by atoms with Crippen LogP contribution in [0.15, 0.2) is 24.3 Å². The summed E-state index contributed by atoms with van der Waals surface area (Å²) < 4.78 is 17.1. The third-order valence-electron chi connectivity index (χ3n) is 1.06. The third-order valence-corrected chi connectivity index (χ3v) is 1.06. The standard InChI is InChI=1S/C7H7FO.CH4/c1-9-7-5-3-2-4-6(7)8;/h2-5H,1H3;1H4. The Morgan fingerprint density at radius 2 is 1.90 bits per heavy atom. The Labute approximate surface area is 60.4 Å². The molecule has 0 saturated heterocycles. The molecule has 1 aromatic carbocycles. The van der Waals surface area contributed by atoms with Crippen LogP contribution < -0.4 is 4.74 Å². The molecule has 56 valence electrons. The predicted octanol–water partition coefficient (Wildman–Crippen LogP) is 2.47. The van der Waals surface area contributed by atoms with Crippen LogP contribution in [0, 0.1) is 5.82 Å². The zero-order valence-electron chi connectivity index (χ0n) is 5.10. The lowest BCUT2D eigenvalue weighted by atomic mass is 10.3. The van der Waals surface area contributed by atoms with E-state index < -0.39 is 0 Å². The largest absolute Gasteiger partial charge is 0.494 e. The van der Waals surface area contributed by atoms with E-state index in [9.17, 15) is 4.39 Å². The van der Waals surface area contributed by atoms with Crippen LogP contribution in [0.4, 0.5) is 4.39 Å². The van der Waals surface area contributed by atoms with Crippen LogP contribution in [0.2, 0.25) is 0 Å². The number of para-hydroxylation sites is 1. The summed E-state index contributed by atoms with van der Waals surface area (Å²) in [4.78, 5) is 0. The number of hydrogen-bond acceptors (Lipinski definition) is 1. The van der Waals surface area contributed by atoms with Gasteiger partial charge in [0.2, 0.25) is 0 Å². The molecule has 0 aliphatic carbocycles. The van der Waals surface area contributed by atoms with Gasteiger partial charge < -0.3 is 4.74 Å². The van der Waals surface area contributed by atoms with E-state index in [1.165, 1.54) is 13.2 Å². The first-order valence-electron chi connectivity index (χ1n) is 2.63. The number of halogens is 1. The van der Waals surface area contributed by atoms with Crippen molar-refractivity contribution in [3.05, 3.63) is 30.1 Å². The molecule has 0 unspecified atom stereocenters. The minimum atomic E-state index is -0.319. The van der Waals surface area contributed by atoms with E-state index >= 15 is 0 Å². The summed E-state index contributed by atoms with van der Waals surface area (Å²) in [6, 6.07) is 6.29. The van der Waals surface area contributed by atoms with E-state index in [0.29, 0.717) is 0 Å². The van der Waals surface area contributed by atoms with Crippen LogP contribution >= 0.6 is 0 Å². The summed E-state index contributed by atoms with van der Waals surface area (Å²) in [5.74, 6) is -0.0301. The Kier molecular flexibility index (Phi) is 3.47. The van der Waals surface area contributed by atoms with Crippen LogP contribution in [-0.4, -0.2) is 7.11 Å². The molecule has 0 saturated carbocycles. The average molecular weight is 142 g/mol. The highest BCUT2D eigenvalue weighted by atomic mass is 19.1. The monoisotopic (exact) mass is 142 g/mol. The topological polar surface area (TPSA) is 9.23 Å². The Balaban J connectivity index is 0.000000810. The van der Waals surface area contributed by atoms with E-state index in [2.05, 4.69) is 4.74 Å². The van der Waals surface area contributed by atoms with Gasteiger partial charge >= 0.3 is 0 Å². The second-order valence-electron chi connectivity index (χ2n) is 1.63. The van der Waals surface area contributed by atoms with Crippen LogP contribution in [0.1, 0.15) is 7.43 Å². The first-order chi connectivity index (χ1) is 4.34. The number of methoxy groups -OCH3 is 1. The maximum absolute atomic E-state index is 12.5. The fourth-order valence-electron chi connectivity index (χ4n) is 0.610. The fraction of sp³-hybridized carbons (Fsp3) is 0.250. The summed E-state index contributed by atoms with van der Waals surface area (Å²) in [5, 5.41) is 0. The van der Waals surface area contributed by atoms with Gasteiger partial charge in [0.05, 0.1) is 7.11 Å². The zero-order chi connectivity index (χ0) is 6.69. The van der Waals surface area contributed by atoms with Crippen molar-refractivity contribution >= 4 is 0 Å². The lowest BCUT2D eigenvalue weighted by Gasteiger charge is -1.97. The average Bonchev–Trinajstić information content (AvgIpc) is 1.89. The van der Waals surface area contributed by atoms with Crippen LogP contribution in [0.25, 0.3) is 0 Å². The number of hydrogen-bond donors (Lipinski definition) is 0. The molecule has 10 heavy (non-hydrogen) atoms. The molecule has 0 aliphatic heterocycles. The molecule has 1 nitrogen and oxygen atoms in total. The molecule has 0 aliphatic rings. The number of ether oxygens (including phenoxy) is 1. The molecule has 0 bridgehead atoms. The quantitative estimate of drug-likeness (QED) is 0.585. The van der Waals surface area contributed by atoms with Crippen molar-refractivity contribution in [1.29, 1.82) is 0 Å². The van der Waals surface area contributed by atoms with Crippen molar-refractivity contribution in [2.45, 2.75) is 7.43 Å². The lowest BCUT2D eigenvalue weighted by molar-refractivity contribution is 0.386. The van der Waals surface area contributed by atoms with Crippen molar-refractivity contribution in [2.75, 3.05) is 7.11 Å². The van der Waals surface area contributed by atoms with Crippen molar-refractivity contribution in [1.82, 2.24) is 0 Å². The van der Waals surface area contributed by atoms with Gasteiger partial charge in [-0.3, -0.25) is 0 Å². The van der Waals surface area contributed by atoms with E-state index in [-0.39, 0.29) is 19.0 Å². The summed E-state index contributed by atoms with van der Waals surface area (Å²) >= 11 is 0. The van der Waals surface area contributed by atoms with Gasteiger partial charge in [-0.25, -0.2) is 4.39 Å². The summed E-state index contributed by atoms with van der Waals surface area (Å²) in [6.07, 6.45) is 0. The molecule has 0 N–H and O–H groups in total. The summed E-state index contributed by atoms with van der Waals surface area (Å²) in [7, 11) is 1.44. The SMILES string of the molecule is C.COc1ccccc1F. The number of rotatable bonds is 1. The van der Waals surface area contributed by atoms with E-state index in [1.54, 1.807) is 18.2 Å². The molecule has 0 amide bonds. The smallest absolute Gasteiger partial charge is 0.165 e. The lowest BCUT2D eigenvalue weighted by Crippen LogP contribution is -1.85. The number of benzene rings is 1. The predicted molar refractivity (Wildman–Crippen MR) is 39.7 cm³/mol. The van der Waals surface area contributed by atoms with Gasteiger partial charge in [-0.1, -0.05) is 19.6 Å². The summed E-state index contributed by atoms with van der Waals surface area (Å²) in [5.41, 5.74) is 0. The fourth-order valence-corrected chi connectivity index (χ4v) is 0.610. The van der Waals surface area contributed by atoms with Crippen molar-refractivity contribution in [3.8, 4) is 5.75 Å². The normalized spacial score (nSPS) is 8.20. The van der Waals surface area contributed by atoms with Gasteiger partial charge in [0.25, 0.3) is 0 Å². The van der Waals surface area contributed by atoms with Crippen molar-refractivity contribution < 1.29 is 9.13 Å². The molecule has 1 aromatic rings. The van der Waals surface area contributed by atoms with Gasteiger partial charge in [0, 0.05) is 0 Å². The second-order valence-corrected chi connectivity index (χ2v) is 1.63. The van der Waals surface area contributed by atoms with Gasteiger partial charge in [-0.05, 0) is 12.1 Å². The van der Waals surface area contributed by atoms with Gasteiger partial charge in [0.15, 0.2) is 11.6 Å². The van der Waals surface area contributed by atoms with Crippen LogP contribution in [0.3, 0.4) is 0 Å². The highest BCUT2D eigenvalue weighted by molar-refractivity contribution is 5.23. The Bertz CT molecular complexity index is 198. The molecular formula is C8H11FO. The van der Waals surface area contributed by atoms with Gasteiger partial charge in [-0.15, -0.1) is 0 Å². The van der Waals surface area contributed by atoms with Crippen molar-refractivity contribution in [3.63, 3.8) is 0 Å². The molecule has 1 rings (SSSR count). The Hall–Kier alpha value is -1.05. The highest BCUT2D eigenvalue weighted by Gasteiger charge is 1.95. The molecule has 0 aromatic heterocycles. The van der Waals surface area contributed by atoms with E-state index in [4.69, 9.17) is 0 Å². The molecular weight excluding hydrogens is 131 g/mol. The highest BCUT2D eigenvalue weighted by Crippen LogP contribution is 2.13. The van der Waals surface area contributed by atoms with E-state index in [0.717, 1.165) is 0 Å². The van der Waals surface area contributed by atoms with Gasteiger partial charge in [0.1, 0.15) is 0 Å². The molecule has 0 radical (unpaired) electrons.